The number of aromatic nitrogens is 1. The lowest BCUT2D eigenvalue weighted by molar-refractivity contribution is -0.388. The van der Waals surface area contributed by atoms with E-state index in [1.54, 1.807) is 24.3 Å². The molecule has 0 aliphatic carbocycles. The lowest BCUT2D eigenvalue weighted by Gasteiger charge is -2.03. The number of aromatic hydroxyl groups is 1. The van der Waals surface area contributed by atoms with E-state index in [-0.39, 0.29) is 11.4 Å². The summed E-state index contributed by atoms with van der Waals surface area (Å²) in [5, 5.41) is 20.4. The lowest BCUT2D eigenvalue weighted by Crippen LogP contribution is -1.91. The fraction of sp³-hybridized carbons (Fsp3) is 0. The molecule has 6 heteroatoms. The van der Waals surface area contributed by atoms with E-state index in [0.29, 0.717) is 9.79 Å². The Morgan fingerprint density at radius 2 is 2.00 bits per heavy atom. The third-order valence-electron chi connectivity index (χ3n) is 2.04. The monoisotopic (exact) mass is 248 g/mol. The van der Waals surface area contributed by atoms with E-state index in [9.17, 15) is 15.2 Å². The number of pyridine rings is 1. The maximum Gasteiger partial charge on any atom is 0.301 e. The van der Waals surface area contributed by atoms with Crippen molar-refractivity contribution < 1.29 is 10.0 Å². The Morgan fingerprint density at radius 1 is 1.24 bits per heavy atom. The molecular weight excluding hydrogens is 240 g/mol. The molecule has 5 nitrogen and oxygen atoms in total. The molecule has 2 rings (SSSR count). The largest absolute Gasteiger partial charge is 0.507 e. The highest BCUT2D eigenvalue weighted by Gasteiger charge is 2.15. The third-order valence-corrected chi connectivity index (χ3v) is 3.17. The first-order valence-corrected chi connectivity index (χ1v) is 5.54. The second kappa shape index (κ2) is 4.84. The fourth-order valence-corrected chi connectivity index (χ4v) is 2.18. The molecule has 1 aromatic heterocycles. The molecule has 1 heterocycles. The van der Waals surface area contributed by atoms with Crippen molar-refractivity contribution in [3.8, 4) is 5.75 Å². The average Bonchev–Trinajstić information content (AvgIpc) is 2.32. The molecule has 0 fully saturated rings. The number of para-hydroxylation sites is 1. The van der Waals surface area contributed by atoms with Crippen molar-refractivity contribution in [3.05, 3.63) is 52.8 Å². The molecule has 0 spiro atoms. The minimum atomic E-state index is -0.491. The van der Waals surface area contributed by atoms with Crippen LogP contribution in [0.3, 0.4) is 0 Å². The predicted octanol–water partition coefficient (Wildman–Crippen LogP) is 2.85. The van der Waals surface area contributed by atoms with Crippen LogP contribution in [-0.4, -0.2) is 15.0 Å². The maximum absolute atomic E-state index is 10.8. The summed E-state index contributed by atoms with van der Waals surface area (Å²) in [6, 6.07) is 8.24. The first-order chi connectivity index (χ1) is 8.18. The fourth-order valence-electron chi connectivity index (χ4n) is 1.26. The molecule has 1 aromatic carbocycles. The Hall–Kier alpha value is -2.08. The summed E-state index contributed by atoms with van der Waals surface area (Å²) in [6.45, 7) is 0. The van der Waals surface area contributed by atoms with Crippen molar-refractivity contribution in [1.29, 1.82) is 0 Å². The van der Waals surface area contributed by atoms with Crippen molar-refractivity contribution >= 4 is 17.4 Å². The van der Waals surface area contributed by atoms with E-state index in [4.69, 9.17) is 0 Å². The topological polar surface area (TPSA) is 76.3 Å². The maximum atomic E-state index is 10.8. The van der Waals surface area contributed by atoms with E-state index < -0.39 is 4.92 Å². The van der Waals surface area contributed by atoms with Gasteiger partial charge in [0.2, 0.25) is 0 Å². The van der Waals surface area contributed by atoms with Gasteiger partial charge in [0, 0.05) is 6.20 Å². The Labute approximate surface area is 101 Å². The zero-order valence-electron chi connectivity index (χ0n) is 8.61. The van der Waals surface area contributed by atoms with Gasteiger partial charge in [0.05, 0.1) is 14.7 Å². The van der Waals surface area contributed by atoms with E-state index in [2.05, 4.69) is 4.98 Å². The molecule has 0 radical (unpaired) electrons. The number of hydrogen-bond donors (Lipinski definition) is 1. The minimum absolute atomic E-state index is 0.0687. The molecule has 0 aliphatic rings. The summed E-state index contributed by atoms with van der Waals surface area (Å²) >= 11 is 1.14. The molecule has 0 aliphatic heterocycles. The standard InChI is InChI=1S/C11H8N2O3S/c14-9-3-1-2-4-11(9)17-10-5-6-12-7-8(10)13(15)16/h1-7,14H. The van der Waals surface area contributed by atoms with E-state index in [0.717, 1.165) is 11.8 Å². The van der Waals surface area contributed by atoms with E-state index in [1.807, 2.05) is 0 Å². The Kier molecular flexibility index (Phi) is 3.24. The number of rotatable bonds is 3. The highest BCUT2D eigenvalue weighted by atomic mass is 32.2. The predicted molar refractivity (Wildman–Crippen MR) is 63.1 cm³/mol. The molecule has 0 saturated carbocycles. The van der Waals surface area contributed by atoms with Crippen molar-refractivity contribution in [2.24, 2.45) is 0 Å². The zero-order valence-corrected chi connectivity index (χ0v) is 9.42. The smallest absolute Gasteiger partial charge is 0.301 e. The number of hydrogen-bond acceptors (Lipinski definition) is 5. The van der Waals surface area contributed by atoms with Crippen LogP contribution in [0, 0.1) is 10.1 Å². The van der Waals surface area contributed by atoms with Gasteiger partial charge >= 0.3 is 5.69 Å². The highest BCUT2D eigenvalue weighted by Crippen LogP contribution is 2.37. The second-order valence-corrected chi connectivity index (χ2v) is 4.25. The van der Waals surface area contributed by atoms with Gasteiger partial charge in [-0.05, 0) is 18.2 Å². The van der Waals surface area contributed by atoms with Gasteiger partial charge < -0.3 is 5.11 Å². The molecule has 0 unspecified atom stereocenters. The number of phenols is 1. The van der Waals surface area contributed by atoms with E-state index >= 15 is 0 Å². The summed E-state index contributed by atoms with van der Waals surface area (Å²) in [5.41, 5.74) is -0.0687. The van der Waals surface area contributed by atoms with Gasteiger partial charge in [0.25, 0.3) is 0 Å². The molecule has 2 aromatic rings. The van der Waals surface area contributed by atoms with Crippen molar-refractivity contribution in [1.82, 2.24) is 4.98 Å². The molecule has 0 amide bonds. The first-order valence-electron chi connectivity index (χ1n) is 4.73. The summed E-state index contributed by atoms with van der Waals surface area (Å²) in [7, 11) is 0. The van der Waals surface area contributed by atoms with Crippen LogP contribution in [0.1, 0.15) is 0 Å². The molecule has 0 saturated heterocycles. The average molecular weight is 248 g/mol. The lowest BCUT2D eigenvalue weighted by atomic mass is 10.3. The molecule has 1 N–H and O–H groups in total. The number of phenolic OH excluding ortho intramolecular Hbond substituents is 1. The summed E-state index contributed by atoms with van der Waals surface area (Å²) in [4.78, 5) is 15.0. The van der Waals surface area contributed by atoms with Crippen LogP contribution in [-0.2, 0) is 0 Å². The van der Waals surface area contributed by atoms with Gasteiger partial charge in [-0.25, -0.2) is 0 Å². The summed E-state index contributed by atoms with van der Waals surface area (Å²) in [6.07, 6.45) is 2.68. The van der Waals surface area contributed by atoms with Crippen LogP contribution in [0.4, 0.5) is 5.69 Å². The normalized spacial score (nSPS) is 10.1. The molecule has 86 valence electrons. The zero-order chi connectivity index (χ0) is 12.3. The first kappa shape index (κ1) is 11.4. The van der Waals surface area contributed by atoms with Crippen LogP contribution >= 0.6 is 11.8 Å². The van der Waals surface area contributed by atoms with Gasteiger partial charge in [-0.2, -0.15) is 0 Å². The van der Waals surface area contributed by atoms with Crippen LogP contribution in [0.2, 0.25) is 0 Å². The van der Waals surface area contributed by atoms with Crippen LogP contribution in [0.5, 0.6) is 5.75 Å². The summed E-state index contributed by atoms with van der Waals surface area (Å²) < 4.78 is 0. The summed E-state index contributed by atoms with van der Waals surface area (Å²) in [5.74, 6) is 0.101. The van der Waals surface area contributed by atoms with Crippen molar-refractivity contribution in [2.45, 2.75) is 9.79 Å². The third kappa shape index (κ3) is 2.54. The van der Waals surface area contributed by atoms with Gasteiger partial charge in [0.15, 0.2) is 0 Å². The van der Waals surface area contributed by atoms with Crippen molar-refractivity contribution in [2.75, 3.05) is 0 Å². The van der Waals surface area contributed by atoms with Crippen LogP contribution in [0.25, 0.3) is 0 Å². The number of benzene rings is 1. The SMILES string of the molecule is O=[N+]([O-])c1cnccc1Sc1ccccc1O. The van der Waals surface area contributed by atoms with Gasteiger partial charge in [0.1, 0.15) is 11.9 Å². The van der Waals surface area contributed by atoms with Gasteiger partial charge in [-0.3, -0.25) is 15.1 Å². The molecule has 0 atom stereocenters. The highest BCUT2D eigenvalue weighted by molar-refractivity contribution is 7.99. The Balaban J connectivity index is 2.37. The Morgan fingerprint density at radius 3 is 2.71 bits per heavy atom. The molecular formula is C11H8N2O3S. The number of nitro groups is 1. The molecule has 0 bridgehead atoms. The van der Waals surface area contributed by atoms with Crippen molar-refractivity contribution in [3.63, 3.8) is 0 Å². The number of nitrogens with zero attached hydrogens (tertiary/aromatic N) is 2. The molecule has 17 heavy (non-hydrogen) atoms. The van der Waals surface area contributed by atoms with Crippen LogP contribution < -0.4 is 0 Å². The quantitative estimate of drug-likeness (QED) is 0.667. The second-order valence-electron chi connectivity index (χ2n) is 3.17. The van der Waals surface area contributed by atoms with Gasteiger partial charge in [-0.1, -0.05) is 23.9 Å². The van der Waals surface area contributed by atoms with Crippen LogP contribution in [0.15, 0.2) is 52.5 Å². The minimum Gasteiger partial charge on any atom is -0.507 e. The Bertz CT molecular complexity index is 560. The van der Waals surface area contributed by atoms with Gasteiger partial charge in [-0.15, -0.1) is 0 Å². The van der Waals surface area contributed by atoms with E-state index in [1.165, 1.54) is 18.5 Å².